The number of hydrogen-bond donors (Lipinski definition) is 1. The van der Waals surface area contributed by atoms with Gasteiger partial charge in [-0.25, -0.2) is 4.79 Å². The normalized spacial score (nSPS) is 15.2. The number of aromatic nitrogens is 1. The highest BCUT2D eigenvalue weighted by Crippen LogP contribution is 2.30. The van der Waals surface area contributed by atoms with E-state index in [-0.39, 0.29) is 11.7 Å². The van der Waals surface area contributed by atoms with E-state index in [4.69, 9.17) is 0 Å². The minimum Gasteiger partial charge on any atom is -0.465 e. The maximum Gasteiger partial charge on any atom is 0.416 e. The number of rotatable bonds is 6. The van der Waals surface area contributed by atoms with Gasteiger partial charge in [-0.1, -0.05) is 0 Å². The molecule has 2 aromatic carbocycles. The van der Waals surface area contributed by atoms with Gasteiger partial charge in [-0.05, 0) is 60.9 Å². The lowest BCUT2D eigenvalue weighted by Crippen LogP contribution is -2.47. The number of anilines is 1. The Morgan fingerprint density at radius 2 is 1.69 bits per heavy atom. The molecule has 0 bridgehead atoms. The second-order valence-electron chi connectivity index (χ2n) is 8.41. The van der Waals surface area contributed by atoms with Crippen molar-refractivity contribution in [2.75, 3.05) is 18.0 Å². The van der Waals surface area contributed by atoms with Crippen molar-refractivity contribution in [3.63, 3.8) is 0 Å². The van der Waals surface area contributed by atoms with Crippen molar-refractivity contribution in [2.24, 2.45) is 0 Å². The van der Waals surface area contributed by atoms with Gasteiger partial charge in [0.2, 0.25) is 0 Å². The fraction of sp³-hybridized carbons (Fsp3) is 0.292. The van der Waals surface area contributed by atoms with Crippen LogP contribution in [-0.2, 0) is 12.7 Å². The fourth-order valence-corrected chi connectivity index (χ4v) is 4.32. The maximum atomic E-state index is 12.8. The number of piperidine rings is 1. The molecule has 0 atom stereocenters. The number of carbonyl (C=O) groups is 1. The SMILES string of the molecule is O=C(O)N(c1ccc([N+](=O)[O-])cc1)C1CCN(Cc2ccn(-c3ccc(C(F)(F)F)cc3)c2)CC1. The molecule has 184 valence electrons. The van der Waals surface area contributed by atoms with Gasteiger partial charge in [0, 0.05) is 61.6 Å². The number of nitro benzene ring substituents is 1. The van der Waals surface area contributed by atoms with E-state index < -0.39 is 22.8 Å². The fourth-order valence-electron chi connectivity index (χ4n) is 4.32. The highest BCUT2D eigenvalue weighted by molar-refractivity contribution is 5.87. The predicted molar refractivity (Wildman–Crippen MR) is 123 cm³/mol. The average Bonchev–Trinajstić information content (AvgIpc) is 3.28. The lowest BCUT2D eigenvalue weighted by molar-refractivity contribution is -0.384. The van der Waals surface area contributed by atoms with Crippen molar-refractivity contribution in [1.29, 1.82) is 0 Å². The number of nitrogens with zero attached hydrogens (tertiary/aromatic N) is 4. The minimum atomic E-state index is -4.37. The molecule has 8 nitrogen and oxygen atoms in total. The molecule has 11 heteroatoms. The number of alkyl halides is 3. The summed E-state index contributed by atoms with van der Waals surface area (Å²) in [6.07, 6.45) is -0.612. The smallest absolute Gasteiger partial charge is 0.416 e. The molecule has 0 unspecified atom stereocenters. The summed E-state index contributed by atoms with van der Waals surface area (Å²) in [6, 6.07) is 12.1. The lowest BCUT2D eigenvalue weighted by atomic mass is 10.0. The van der Waals surface area contributed by atoms with E-state index in [0.717, 1.165) is 17.7 Å². The Kier molecular flexibility index (Phi) is 6.79. The van der Waals surface area contributed by atoms with E-state index in [1.807, 2.05) is 12.3 Å². The van der Waals surface area contributed by atoms with Crippen LogP contribution < -0.4 is 4.90 Å². The van der Waals surface area contributed by atoms with Crippen molar-refractivity contribution in [1.82, 2.24) is 9.47 Å². The van der Waals surface area contributed by atoms with Crippen LogP contribution in [0.2, 0.25) is 0 Å². The number of benzene rings is 2. The predicted octanol–water partition coefficient (Wildman–Crippen LogP) is 5.55. The van der Waals surface area contributed by atoms with Gasteiger partial charge in [0.15, 0.2) is 0 Å². The van der Waals surface area contributed by atoms with Crippen molar-refractivity contribution < 1.29 is 28.0 Å². The molecule has 35 heavy (non-hydrogen) atoms. The summed E-state index contributed by atoms with van der Waals surface area (Å²) in [5, 5.41) is 20.6. The Balaban J connectivity index is 1.36. The Morgan fingerprint density at radius 3 is 2.23 bits per heavy atom. The molecule has 2 heterocycles. The van der Waals surface area contributed by atoms with Gasteiger partial charge in [0.25, 0.3) is 5.69 Å². The van der Waals surface area contributed by atoms with E-state index in [0.29, 0.717) is 43.9 Å². The summed E-state index contributed by atoms with van der Waals surface area (Å²) in [5.74, 6) is 0. The molecule has 0 radical (unpaired) electrons. The summed E-state index contributed by atoms with van der Waals surface area (Å²) >= 11 is 0. The van der Waals surface area contributed by atoms with Crippen LogP contribution >= 0.6 is 0 Å². The summed E-state index contributed by atoms with van der Waals surface area (Å²) in [6.45, 7) is 1.95. The zero-order chi connectivity index (χ0) is 25.2. The first-order valence-corrected chi connectivity index (χ1v) is 11.0. The van der Waals surface area contributed by atoms with Gasteiger partial charge in [0.05, 0.1) is 10.5 Å². The van der Waals surface area contributed by atoms with Crippen molar-refractivity contribution in [2.45, 2.75) is 31.6 Å². The van der Waals surface area contributed by atoms with Crippen LogP contribution in [0.1, 0.15) is 24.0 Å². The third kappa shape index (κ3) is 5.62. The molecule has 3 aromatic rings. The van der Waals surface area contributed by atoms with Crippen LogP contribution in [0.25, 0.3) is 5.69 Å². The molecule has 4 rings (SSSR count). The molecular weight excluding hydrogens is 465 g/mol. The van der Waals surface area contributed by atoms with Crippen molar-refractivity contribution >= 4 is 17.5 Å². The molecule has 1 N–H and O–H groups in total. The van der Waals surface area contributed by atoms with Crippen LogP contribution in [0.15, 0.2) is 67.0 Å². The molecule has 0 aliphatic carbocycles. The molecule has 1 aliphatic heterocycles. The Labute approximate surface area is 199 Å². The third-order valence-corrected chi connectivity index (χ3v) is 6.12. The van der Waals surface area contributed by atoms with Crippen molar-refractivity contribution in [3.05, 3.63) is 88.2 Å². The molecule has 1 aromatic heterocycles. The van der Waals surface area contributed by atoms with Crippen LogP contribution in [0.4, 0.5) is 29.3 Å². The van der Waals surface area contributed by atoms with Crippen LogP contribution in [-0.4, -0.2) is 44.7 Å². The first-order valence-electron chi connectivity index (χ1n) is 11.0. The van der Waals surface area contributed by atoms with E-state index in [1.54, 1.807) is 10.8 Å². The van der Waals surface area contributed by atoms with E-state index in [1.165, 1.54) is 41.3 Å². The largest absolute Gasteiger partial charge is 0.465 e. The number of nitro groups is 1. The number of likely N-dealkylation sites (tertiary alicyclic amines) is 1. The van der Waals surface area contributed by atoms with Gasteiger partial charge in [-0.3, -0.25) is 19.9 Å². The van der Waals surface area contributed by atoms with E-state index in [2.05, 4.69) is 4.90 Å². The second kappa shape index (κ2) is 9.79. The second-order valence-corrected chi connectivity index (χ2v) is 8.41. The van der Waals surface area contributed by atoms with Gasteiger partial charge in [-0.15, -0.1) is 0 Å². The number of hydrogen-bond acceptors (Lipinski definition) is 4. The lowest BCUT2D eigenvalue weighted by Gasteiger charge is -2.37. The van der Waals surface area contributed by atoms with Crippen LogP contribution in [0.5, 0.6) is 0 Å². The number of non-ortho nitro benzene ring substituents is 1. The number of amides is 1. The highest BCUT2D eigenvalue weighted by Gasteiger charge is 2.31. The summed E-state index contributed by atoms with van der Waals surface area (Å²) in [5.41, 5.74) is 1.23. The molecule has 1 amide bonds. The highest BCUT2D eigenvalue weighted by atomic mass is 19.4. The maximum absolute atomic E-state index is 12.8. The van der Waals surface area contributed by atoms with Crippen LogP contribution in [0, 0.1) is 10.1 Å². The number of halogens is 3. The zero-order valence-corrected chi connectivity index (χ0v) is 18.6. The van der Waals surface area contributed by atoms with Gasteiger partial charge >= 0.3 is 12.3 Å². The molecule has 1 aliphatic rings. The Morgan fingerprint density at radius 1 is 1.06 bits per heavy atom. The molecule has 1 saturated heterocycles. The van der Waals surface area contributed by atoms with Crippen molar-refractivity contribution in [3.8, 4) is 5.69 Å². The third-order valence-electron chi connectivity index (χ3n) is 6.12. The summed E-state index contributed by atoms with van der Waals surface area (Å²) in [7, 11) is 0. The molecular formula is C24H23F3N4O4. The molecule has 1 fully saturated rings. The topological polar surface area (TPSA) is 91.8 Å². The molecule has 0 spiro atoms. The quantitative estimate of drug-likeness (QED) is 0.363. The Bertz CT molecular complexity index is 1180. The van der Waals surface area contributed by atoms with E-state index >= 15 is 0 Å². The summed E-state index contributed by atoms with van der Waals surface area (Å²) < 4.78 is 40.1. The van der Waals surface area contributed by atoms with E-state index in [9.17, 15) is 33.2 Å². The first kappa shape index (κ1) is 24.3. The van der Waals surface area contributed by atoms with Gasteiger partial charge < -0.3 is 9.67 Å². The number of carboxylic acid groups (broad SMARTS) is 1. The van der Waals surface area contributed by atoms with Gasteiger partial charge in [0.1, 0.15) is 0 Å². The van der Waals surface area contributed by atoms with Crippen LogP contribution in [0.3, 0.4) is 0 Å². The minimum absolute atomic E-state index is 0.0999. The Hall–Kier alpha value is -3.86. The van der Waals surface area contributed by atoms with Gasteiger partial charge in [-0.2, -0.15) is 13.2 Å². The summed E-state index contributed by atoms with van der Waals surface area (Å²) in [4.78, 5) is 25.7. The average molecular weight is 488 g/mol. The first-order chi connectivity index (χ1) is 16.6. The molecule has 0 saturated carbocycles. The zero-order valence-electron chi connectivity index (χ0n) is 18.6. The standard InChI is InChI=1S/C24H23F3N4O4/c25-24(26,27)18-1-3-19(4-2-18)29-14-9-17(16-29)15-28-12-10-21(11-13-28)30(23(32)33)20-5-7-22(8-6-20)31(34)35/h1-9,14,16,21H,10-13,15H2,(H,32,33). The monoisotopic (exact) mass is 488 g/mol.